The van der Waals surface area contributed by atoms with E-state index in [1.165, 1.54) is 11.6 Å². The highest BCUT2D eigenvalue weighted by molar-refractivity contribution is 5.85. The highest BCUT2D eigenvalue weighted by Crippen LogP contribution is 2.21. The predicted molar refractivity (Wildman–Crippen MR) is 58.7 cm³/mol. The minimum atomic E-state index is -0.198. The summed E-state index contributed by atoms with van der Waals surface area (Å²) in [6.45, 7) is 5.75. The maximum atomic E-state index is 12.9. The number of aryl methyl sites for hydroxylation is 1. The summed E-state index contributed by atoms with van der Waals surface area (Å²) >= 11 is 0. The molecule has 0 saturated heterocycles. The van der Waals surface area contributed by atoms with E-state index >= 15 is 0 Å². The van der Waals surface area contributed by atoms with Crippen LogP contribution in [0, 0.1) is 12.7 Å². The lowest BCUT2D eigenvalue weighted by Gasteiger charge is -2.04. The average molecular weight is 186 g/mol. The highest BCUT2D eigenvalue weighted by Gasteiger charge is 1.99. The Morgan fingerprint density at radius 3 is 2.64 bits per heavy atom. The van der Waals surface area contributed by atoms with Gasteiger partial charge in [0.2, 0.25) is 0 Å². The number of hydrogen-bond acceptors (Lipinski definition) is 0. The van der Waals surface area contributed by atoms with Crippen molar-refractivity contribution >= 4 is 16.8 Å². The van der Waals surface area contributed by atoms with Crippen LogP contribution in [0.15, 0.2) is 36.9 Å². The smallest absolute Gasteiger partial charge is 0.123 e. The van der Waals surface area contributed by atoms with Gasteiger partial charge < -0.3 is 0 Å². The summed E-state index contributed by atoms with van der Waals surface area (Å²) < 4.78 is 12.9. The molecule has 1 heteroatoms. The van der Waals surface area contributed by atoms with Crippen molar-refractivity contribution in [2.24, 2.45) is 0 Å². The van der Waals surface area contributed by atoms with Crippen molar-refractivity contribution in [3.63, 3.8) is 0 Å². The van der Waals surface area contributed by atoms with E-state index < -0.39 is 0 Å². The average Bonchev–Trinajstić information content (AvgIpc) is 2.17. The molecule has 2 rings (SSSR count). The van der Waals surface area contributed by atoms with E-state index in [4.69, 9.17) is 0 Å². The zero-order valence-electron chi connectivity index (χ0n) is 8.05. The molecule has 0 spiro atoms. The number of benzene rings is 2. The van der Waals surface area contributed by atoms with Crippen molar-refractivity contribution in [2.75, 3.05) is 0 Å². The van der Waals surface area contributed by atoms with Crippen molar-refractivity contribution in [1.29, 1.82) is 0 Å². The Morgan fingerprint density at radius 1 is 1.14 bits per heavy atom. The molecule has 0 aliphatic carbocycles. The summed E-state index contributed by atoms with van der Waals surface area (Å²) in [6.07, 6.45) is 1.79. The number of rotatable bonds is 1. The lowest BCUT2D eigenvalue weighted by Crippen LogP contribution is -1.83. The molecule has 0 aliphatic heterocycles. The van der Waals surface area contributed by atoms with Crippen LogP contribution in [0.3, 0.4) is 0 Å². The lowest BCUT2D eigenvalue weighted by atomic mass is 10.0. The normalized spacial score (nSPS) is 10.4. The molecule has 0 aromatic heterocycles. The monoisotopic (exact) mass is 186 g/mol. The van der Waals surface area contributed by atoms with Crippen LogP contribution in [0.1, 0.15) is 11.1 Å². The molecule has 70 valence electrons. The van der Waals surface area contributed by atoms with E-state index in [0.29, 0.717) is 0 Å². The van der Waals surface area contributed by atoms with Crippen LogP contribution in [-0.4, -0.2) is 0 Å². The predicted octanol–water partition coefficient (Wildman–Crippen LogP) is 3.93. The summed E-state index contributed by atoms with van der Waals surface area (Å²) in [7, 11) is 0. The van der Waals surface area contributed by atoms with Gasteiger partial charge in [0.1, 0.15) is 5.82 Å². The molecule has 0 fully saturated rings. The number of halogens is 1. The molecule has 0 radical (unpaired) electrons. The molecular formula is C13H11F. The SMILES string of the molecule is C=Cc1cc2cc(F)ccc2cc1C. The molecule has 0 amide bonds. The minimum absolute atomic E-state index is 0.198. The zero-order valence-corrected chi connectivity index (χ0v) is 8.05. The van der Waals surface area contributed by atoms with E-state index in [1.807, 2.05) is 19.1 Å². The molecule has 0 bridgehead atoms. The maximum Gasteiger partial charge on any atom is 0.123 e. The maximum absolute atomic E-state index is 12.9. The fourth-order valence-corrected chi connectivity index (χ4v) is 1.62. The van der Waals surface area contributed by atoms with Crippen molar-refractivity contribution in [2.45, 2.75) is 6.92 Å². The Labute approximate surface area is 82.7 Å². The molecular weight excluding hydrogens is 175 g/mol. The zero-order chi connectivity index (χ0) is 10.1. The molecule has 0 unspecified atom stereocenters. The number of fused-ring (bicyclic) bond motifs is 1. The van der Waals surface area contributed by atoms with Gasteiger partial charge in [-0.2, -0.15) is 0 Å². The molecule has 14 heavy (non-hydrogen) atoms. The summed E-state index contributed by atoms with van der Waals surface area (Å²) in [5, 5.41) is 1.99. The van der Waals surface area contributed by atoms with Gasteiger partial charge in [0.25, 0.3) is 0 Å². The summed E-state index contributed by atoms with van der Waals surface area (Å²) in [6, 6.07) is 8.83. The van der Waals surface area contributed by atoms with Crippen molar-refractivity contribution < 1.29 is 4.39 Å². The molecule has 0 heterocycles. The van der Waals surface area contributed by atoms with Gasteiger partial charge in [-0.25, -0.2) is 4.39 Å². The van der Waals surface area contributed by atoms with Crippen molar-refractivity contribution in [3.8, 4) is 0 Å². The van der Waals surface area contributed by atoms with Crippen molar-refractivity contribution in [3.05, 3.63) is 53.9 Å². The summed E-state index contributed by atoms with van der Waals surface area (Å²) in [4.78, 5) is 0. The third-order valence-electron chi connectivity index (χ3n) is 2.41. The van der Waals surface area contributed by atoms with E-state index in [2.05, 4.69) is 6.58 Å². The Morgan fingerprint density at radius 2 is 1.93 bits per heavy atom. The highest BCUT2D eigenvalue weighted by atomic mass is 19.1. The first-order valence-corrected chi connectivity index (χ1v) is 4.53. The lowest BCUT2D eigenvalue weighted by molar-refractivity contribution is 0.630. The van der Waals surface area contributed by atoms with Gasteiger partial charge in [-0.15, -0.1) is 0 Å². The van der Waals surface area contributed by atoms with Gasteiger partial charge in [-0.1, -0.05) is 24.8 Å². The topological polar surface area (TPSA) is 0 Å². The molecule has 2 aromatic rings. The van der Waals surface area contributed by atoms with Crippen LogP contribution in [0.25, 0.3) is 16.8 Å². The van der Waals surface area contributed by atoms with E-state index in [9.17, 15) is 4.39 Å². The second kappa shape index (κ2) is 3.26. The first-order valence-electron chi connectivity index (χ1n) is 4.53. The molecule has 0 N–H and O–H groups in total. The first-order chi connectivity index (χ1) is 6.70. The quantitative estimate of drug-likeness (QED) is 0.633. The second-order valence-electron chi connectivity index (χ2n) is 3.40. The van der Waals surface area contributed by atoms with Crippen molar-refractivity contribution in [1.82, 2.24) is 0 Å². The standard InChI is InChI=1S/C13H11F/c1-3-10-7-12-8-13(14)5-4-11(12)6-9(10)2/h3-8H,1H2,2H3. The third kappa shape index (κ3) is 1.41. The van der Waals surface area contributed by atoms with Crippen LogP contribution >= 0.6 is 0 Å². The molecule has 2 aromatic carbocycles. The molecule has 0 atom stereocenters. The van der Waals surface area contributed by atoms with Crippen LogP contribution < -0.4 is 0 Å². The van der Waals surface area contributed by atoms with Gasteiger partial charge in [-0.3, -0.25) is 0 Å². The molecule has 0 saturated carbocycles. The Balaban J connectivity index is 2.79. The van der Waals surface area contributed by atoms with Gasteiger partial charge >= 0.3 is 0 Å². The van der Waals surface area contributed by atoms with E-state index in [0.717, 1.165) is 16.3 Å². The Bertz CT molecular complexity index is 498. The molecule has 0 nitrogen and oxygen atoms in total. The van der Waals surface area contributed by atoms with Gasteiger partial charge in [0.15, 0.2) is 0 Å². The van der Waals surface area contributed by atoms with Gasteiger partial charge in [-0.05, 0) is 47.0 Å². The second-order valence-corrected chi connectivity index (χ2v) is 3.40. The van der Waals surface area contributed by atoms with E-state index in [1.54, 1.807) is 18.2 Å². The molecule has 0 aliphatic rings. The summed E-state index contributed by atoms with van der Waals surface area (Å²) in [5.74, 6) is -0.198. The van der Waals surface area contributed by atoms with Gasteiger partial charge in [0, 0.05) is 0 Å². The number of hydrogen-bond donors (Lipinski definition) is 0. The third-order valence-corrected chi connectivity index (χ3v) is 2.41. The fourth-order valence-electron chi connectivity index (χ4n) is 1.62. The van der Waals surface area contributed by atoms with Crippen LogP contribution in [-0.2, 0) is 0 Å². The summed E-state index contributed by atoms with van der Waals surface area (Å²) in [5.41, 5.74) is 2.22. The first kappa shape index (κ1) is 8.95. The van der Waals surface area contributed by atoms with Crippen LogP contribution in [0.5, 0.6) is 0 Å². The van der Waals surface area contributed by atoms with Crippen LogP contribution in [0.4, 0.5) is 4.39 Å². The van der Waals surface area contributed by atoms with Crippen LogP contribution in [0.2, 0.25) is 0 Å². The minimum Gasteiger partial charge on any atom is -0.207 e. The van der Waals surface area contributed by atoms with Gasteiger partial charge in [0.05, 0.1) is 0 Å². The Kier molecular flexibility index (Phi) is 2.08. The fraction of sp³-hybridized carbons (Fsp3) is 0.0769. The van der Waals surface area contributed by atoms with E-state index in [-0.39, 0.29) is 5.82 Å². The largest absolute Gasteiger partial charge is 0.207 e. The Hall–Kier alpha value is -1.63.